The molecular formula is C9H15N3OS. The molecular weight excluding hydrogens is 198 g/mol. The summed E-state index contributed by atoms with van der Waals surface area (Å²) in [7, 11) is 0. The van der Waals surface area contributed by atoms with Crippen LogP contribution < -0.4 is 11.1 Å². The summed E-state index contributed by atoms with van der Waals surface area (Å²) in [6, 6.07) is 1.79. The molecule has 4 nitrogen and oxygen atoms in total. The highest BCUT2D eigenvalue weighted by atomic mass is 32.2. The largest absolute Gasteiger partial charge is 0.397 e. The van der Waals surface area contributed by atoms with Gasteiger partial charge in [0.25, 0.3) is 5.91 Å². The maximum atomic E-state index is 11.5. The zero-order chi connectivity index (χ0) is 10.6. The van der Waals surface area contributed by atoms with Gasteiger partial charge < -0.3 is 16.0 Å². The van der Waals surface area contributed by atoms with Crippen molar-refractivity contribution in [1.82, 2.24) is 10.3 Å². The van der Waals surface area contributed by atoms with Gasteiger partial charge in [-0.2, -0.15) is 11.8 Å². The van der Waals surface area contributed by atoms with E-state index < -0.39 is 0 Å². The zero-order valence-corrected chi connectivity index (χ0v) is 9.15. The number of amides is 1. The molecule has 0 fully saturated rings. The highest BCUT2D eigenvalue weighted by molar-refractivity contribution is 7.98. The van der Waals surface area contributed by atoms with E-state index in [9.17, 15) is 4.79 Å². The van der Waals surface area contributed by atoms with Gasteiger partial charge in [0.05, 0.1) is 0 Å². The molecule has 0 aliphatic carbocycles. The fourth-order valence-electron chi connectivity index (χ4n) is 1.14. The van der Waals surface area contributed by atoms with Crippen molar-refractivity contribution in [1.29, 1.82) is 0 Å². The van der Waals surface area contributed by atoms with Crippen LogP contribution in [0.25, 0.3) is 0 Å². The SMILES string of the molecule is CSCC(C)NC(=O)c1cc(N)c[nH]1. The van der Waals surface area contributed by atoms with Crippen LogP contribution in [0.1, 0.15) is 17.4 Å². The first-order valence-corrected chi connectivity index (χ1v) is 5.76. The topological polar surface area (TPSA) is 70.9 Å². The van der Waals surface area contributed by atoms with Gasteiger partial charge in [-0.15, -0.1) is 0 Å². The fraction of sp³-hybridized carbons (Fsp3) is 0.444. The number of aromatic amines is 1. The van der Waals surface area contributed by atoms with Crippen molar-refractivity contribution < 1.29 is 4.79 Å². The molecule has 5 heteroatoms. The average molecular weight is 213 g/mol. The number of hydrogen-bond acceptors (Lipinski definition) is 3. The molecule has 0 aliphatic heterocycles. The quantitative estimate of drug-likeness (QED) is 0.701. The minimum Gasteiger partial charge on any atom is -0.397 e. The third-order valence-electron chi connectivity index (χ3n) is 1.74. The molecule has 1 rings (SSSR count). The number of aromatic nitrogens is 1. The molecule has 0 aliphatic rings. The van der Waals surface area contributed by atoms with Crippen LogP contribution >= 0.6 is 11.8 Å². The number of rotatable bonds is 4. The first-order chi connectivity index (χ1) is 6.63. The summed E-state index contributed by atoms with van der Waals surface area (Å²) in [5.41, 5.74) is 6.58. The zero-order valence-electron chi connectivity index (χ0n) is 8.33. The monoisotopic (exact) mass is 213 g/mol. The van der Waals surface area contributed by atoms with Crippen molar-refractivity contribution in [3.8, 4) is 0 Å². The lowest BCUT2D eigenvalue weighted by Crippen LogP contribution is -2.34. The standard InChI is InChI=1S/C9H15N3OS/c1-6(5-14-2)12-9(13)8-3-7(10)4-11-8/h3-4,6,11H,5,10H2,1-2H3,(H,12,13). The van der Waals surface area contributed by atoms with E-state index in [-0.39, 0.29) is 11.9 Å². The minimum absolute atomic E-state index is 0.108. The van der Waals surface area contributed by atoms with Gasteiger partial charge in [0, 0.05) is 23.7 Å². The van der Waals surface area contributed by atoms with Crippen LogP contribution in [0.5, 0.6) is 0 Å². The summed E-state index contributed by atoms with van der Waals surface area (Å²) in [5.74, 6) is 0.797. The predicted molar refractivity (Wildman–Crippen MR) is 60.5 cm³/mol. The van der Waals surface area contributed by atoms with E-state index in [1.165, 1.54) is 0 Å². The number of H-pyrrole nitrogens is 1. The maximum Gasteiger partial charge on any atom is 0.268 e. The van der Waals surface area contributed by atoms with E-state index in [1.54, 1.807) is 24.0 Å². The van der Waals surface area contributed by atoms with Crippen molar-refractivity contribution in [3.63, 3.8) is 0 Å². The van der Waals surface area contributed by atoms with Crippen molar-refractivity contribution >= 4 is 23.4 Å². The summed E-state index contributed by atoms with van der Waals surface area (Å²) in [6.07, 6.45) is 3.61. The van der Waals surface area contributed by atoms with Crippen molar-refractivity contribution in [2.24, 2.45) is 0 Å². The molecule has 1 amide bonds. The van der Waals surface area contributed by atoms with Gasteiger partial charge >= 0.3 is 0 Å². The van der Waals surface area contributed by atoms with E-state index in [0.29, 0.717) is 11.4 Å². The number of hydrogen-bond donors (Lipinski definition) is 3. The molecule has 1 aromatic heterocycles. The van der Waals surface area contributed by atoms with Gasteiger partial charge in [-0.25, -0.2) is 0 Å². The number of nitrogens with one attached hydrogen (secondary N) is 2. The Labute approximate surface area is 87.6 Å². The Kier molecular flexibility index (Phi) is 3.88. The van der Waals surface area contributed by atoms with Crippen LogP contribution in [-0.4, -0.2) is 28.9 Å². The Bertz CT molecular complexity index is 311. The third-order valence-corrected chi connectivity index (χ3v) is 2.58. The van der Waals surface area contributed by atoms with Crippen molar-refractivity contribution in [2.45, 2.75) is 13.0 Å². The molecule has 4 N–H and O–H groups in total. The minimum atomic E-state index is -0.108. The number of anilines is 1. The maximum absolute atomic E-state index is 11.5. The van der Waals surface area contributed by atoms with E-state index in [4.69, 9.17) is 5.73 Å². The Morgan fingerprint density at radius 2 is 2.50 bits per heavy atom. The van der Waals surface area contributed by atoms with Gasteiger partial charge in [0.15, 0.2) is 0 Å². The number of carbonyl (C=O) groups excluding carboxylic acids is 1. The summed E-state index contributed by atoms with van der Waals surface area (Å²) in [5, 5.41) is 2.86. The highest BCUT2D eigenvalue weighted by Gasteiger charge is 2.10. The third kappa shape index (κ3) is 2.99. The van der Waals surface area contributed by atoms with E-state index >= 15 is 0 Å². The molecule has 0 radical (unpaired) electrons. The van der Waals surface area contributed by atoms with Crippen LogP contribution in [0.4, 0.5) is 5.69 Å². The second-order valence-corrected chi connectivity index (χ2v) is 4.09. The Balaban J connectivity index is 2.50. The number of carbonyl (C=O) groups is 1. The molecule has 1 heterocycles. The van der Waals surface area contributed by atoms with E-state index in [2.05, 4.69) is 10.3 Å². The predicted octanol–water partition coefficient (Wildman–Crippen LogP) is 1.08. The summed E-state index contributed by atoms with van der Waals surface area (Å²) < 4.78 is 0. The summed E-state index contributed by atoms with van der Waals surface area (Å²) in [4.78, 5) is 14.3. The number of nitrogens with two attached hydrogens (primary N) is 1. The van der Waals surface area contributed by atoms with Gasteiger partial charge in [-0.05, 0) is 19.2 Å². The Morgan fingerprint density at radius 3 is 3.00 bits per heavy atom. The molecule has 0 saturated heterocycles. The first kappa shape index (κ1) is 11.0. The lowest BCUT2D eigenvalue weighted by Gasteiger charge is -2.11. The molecule has 14 heavy (non-hydrogen) atoms. The van der Waals surface area contributed by atoms with Crippen LogP contribution in [0.15, 0.2) is 12.3 Å². The molecule has 1 unspecified atom stereocenters. The molecule has 0 aromatic carbocycles. The summed E-state index contributed by atoms with van der Waals surface area (Å²) in [6.45, 7) is 1.97. The van der Waals surface area contributed by atoms with Gasteiger partial charge in [-0.3, -0.25) is 4.79 Å². The highest BCUT2D eigenvalue weighted by Crippen LogP contribution is 2.05. The first-order valence-electron chi connectivity index (χ1n) is 4.37. The van der Waals surface area contributed by atoms with E-state index in [0.717, 1.165) is 5.75 Å². The van der Waals surface area contributed by atoms with Crippen molar-refractivity contribution in [2.75, 3.05) is 17.7 Å². The molecule has 1 atom stereocenters. The van der Waals surface area contributed by atoms with Crippen LogP contribution in [-0.2, 0) is 0 Å². The van der Waals surface area contributed by atoms with Crippen LogP contribution in [0.2, 0.25) is 0 Å². The van der Waals surface area contributed by atoms with Gasteiger partial charge in [-0.1, -0.05) is 0 Å². The molecule has 0 spiro atoms. The van der Waals surface area contributed by atoms with Gasteiger partial charge in [0.1, 0.15) is 5.69 Å². The summed E-state index contributed by atoms with van der Waals surface area (Å²) >= 11 is 1.70. The Morgan fingerprint density at radius 1 is 1.79 bits per heavy atom. The fourth-order valence-corrected chi connectivity index (χ4v) is 1.72. The second-order valence-electron chi connectivity index (χ2n) is 3.18. The molecule has 0 bridgehead atoms. The lowest BCUT2D eigenvalue weighted by molar-refractivity contribution is 0.0939. The number of nitrogen functional groups attached to an aromatic ring is 1. The second kappa shape index (κ2) is 4.95. The van der Waals surface area contributed by atoms with E-state index in [1.807, 2.05) is 13.2 Å². The molecule has 1 aromatic rings. The number of thioether (sulfide) groups is 1. The molecule has 0 saturated carbocycles. The van der Waals surface area contributed by atoms with Crippen molar-refractivity contribution in [3.05, 3.63) is 18.0 Å². The lowest BCUT2D eigenvalue weighted by atomic mass is 10.3. The Hall–Kier alpha value is -1.10. The average Bonchev–Trinajstić information content (AvgIpc) is 2.52. The van der Waals surface area contributed by atoms with Crippen LogP contribution in [0.3, 0.4) is 0 Å². The molecule has 78 valence electrons. The van der Waals surface area contributed by atoms with Crippen LogP contribution in [0, 0.1) is 0 Å². The smallest absolute Gasteiger partial charge is 0.268 e. The van der Waals surface area contributed by atoms with Gasteiger partial charge in [0.2, 0.25) is 0 Å². The normalized spacial score (nSPS) is 12.4.